The number of unbranched alkanes of at least 4 members (excludes halogenated alkanes) is 3. The van der Waals surface area contributed by atoms with Crippen LogP contribution in [0.1, 0.15) is 86.6 Å². The maximum Gasteiger partial charge on any atom is 0.313 e. The average molecular weight is 666 g/mol. The quantitative estimate of drug-likeness (QED) is 0.0698. The fraction of sp³-hybridized carbons (Fsp3) is 0.395. The van der Waals surface area contributed by atoms with Gasteiger partial charge in [0.05, 0.1) is 47.2 Å². The maximum atomic E-state index is 13.6. The first-order valence-electron chi connectivity index (χ1n) is 17.1. The fourth-order valence-corrected chi connectivity index (χ4v) is 6.72. The van der Waals surface area contributed by atoms with E-state index in [0.29, 0.717) is 49.6 Å². The van der Waals surface area contributed by atoms with E-state index in [0.717, 1.165) is 76.0 Å². The van der Waals surface area contributed by atoms with Crippen LogP contribution in [0.2, 0.25) is 0 Å². The number of amides is 1. The van der Waals surface area contributed by atoms with Gasteiger partial charge in [0.15, 0.2) is 6.61 Å². The highest BCUT2D eigenvalue weighted by atomic mass is 16.5. The number of para-hydroxylation sites is 1. The van der Waals surface area contributed by atoms with Crippen LogP contribution < -0.4 is 26.2 Å². The number of pyridine rings is 2. The van der Waals surface area contributed by atoms with E-state index in [1.165, 1.54) is 0 Å². The number of nitrogens with zero attached hydrogens (tertiary/aromatic N) is 3. The molecule has 2 aromatic carbocycles. The SMILES string of the molecule is CCc1c2c(nc3ccc(OCC(=O)N/N=C(\C)c4ccccc4OCCCCCCN)cc13)-c1cc3c(c(=O)n1C2)COC(=O)[C@@H]3CC. The lowest BCUT2D eigenvalue weighted by molar-refractivity contribution is -0.148. The van der Waals surface area contributed by atoms with Crippen LogP contribution in [0.5, 0.6) is 11.5 Å². The molecule has 0 saturated heterocycles. The molecule has 4 heterocycles. The molecule has 0 saturated carbocycles. The number of benzene rings is 2. The summed E-state index contributed by atoms with van der Waals surface area (Å²) < 4.78 is 19.0. The number of nitrogens with one attached hydrogen (secondary N) is 1. The number of aryl methyl sites for hydroxylation is 1. The predicted molar refractivity (Wildman–Crippen MR) is 188 cm³/mol. The summed E-state index contributed by atoms with van der Waals surface area (Å²) in [4.78, 5) is 43.8. The molecule has 0 fully saturated rings. The van der Waals surface area contributed by atoms with Crippen LogP contribution in [0.25, 0.3) is 22.3 Å². The Morgan fingerprint density at radius 2 is 1.88 bits per heavy atom. The van der Waals surface area contributed by atoms with Crippen molar-refractivity contribution in [3.05, 3.63) is 86.7 Å². The van der Waals surface area contributed by atoms with Gasteiger partial charge in [0.2, 0.25) is 0 Å². The van der Waals surface area contributed by atoms with E-state index >= 15 is 0 Å². The summed E-state index contributed by atoms with van der Waals surface area (Å²) in [5.74, 6) is 0.0949. The number of carbonyl (C=O) groups is 2. The second-order valence-electron chi connectivity index (χ2n) is 12.4. The van der Waals surface area contributed by atoms with Crippen molar-refractivity contribution in [3.8, 4) is 22.9 Å². The number of fused-ring (bicyclic) bond motifs is 5. The summed E-state index contributed by atoms with van der Waals surface area (Å²) in [6.45, 7) is 7.28. The zero-order valence-electron chi connectivity index (χ0n) is 28.3. The van der Waals surface area contributed by atoms with Gasteiger partial charge in [-0.2, -0.15) is 5.10 Å². The van der Waals surface area contributed by atoms with Crippen LogP contribution in [-0.2, 0) is 33.9 Å². The summed E-state index contributed by atoms with van der Waals surface area (Å²) >= 11 is 0. The van der Waals surface area contributed by atoms with Gasteiger partial charge in [-0.1, -0.05) is 38.8 Å². The summed E-state index contributed by atoms with van der Waals surface area (Å²) in [7, 11) is 0. The standard InChI is InChI=1S/C38H43N5O6/c1-4-25-29-18-24(48-22-35(44)42-41-23(3)27-12-8-9-13-34(27)47-17-11-7-6-10-16-39)14-15-32(29)40-36-30(25)20-43-33(36)19-28-26(5-2)38(46)49-21-31(28)37(43)45/h8-9,12-15,18-19,26H,4-7,10-11,16-17,20-22,39H2,1-3H3,(H,42,44)/b41-23+/t26-/m1/s1. The number of carbonyl (C=O) groups excluding carboxylic acids is 2. The molecule has 1 amide bonds. The van der Waals surface area contributed by atoms with Crippen LogP contribution in [0, 0.1) is 0 Å². The zero-order chi connectivity index (χ0) is 34.5. The van der Waals surface area contributed by atoms with E-state index in [1.807, 2.05) is 56.3 Å². The van der Waals surface area contributed by atoms with Crippen molar-refractivity contribution >= 4 is 28.5 Å². The lowest BCUT2D eigenvalue weighted by atomic mass is 9.90. The van der Waals surface area contributed by atoms with E-state index in [2.05, 4.69) is 17.5 Å². The molecule has 49 heavy (non-hydrogen) atoms. The maximum absolute atomic E-state index is 13.6. The number of hydrogen-bond donors (Lipinski definition) is 2. The second kappa shape index (κ2) is 15.0. The largest absolute Gasteiger partial charge is 0.493 e. The van der Waals surface area contributed by atoms with E-state index < -0.39 is 11.8 Å². The van der Waals surface area contributed by atoms with Crippen molar-refractivity contribution in [2.45, 2.75) is 78.4 Å². The second-order valence-corrected chi connectivity index (χ2v) is 12.4. The smallest absolute Gasteiger partial charge is 0.313 e. The molecule has 0 aliphatic carbocycles. The van der Waals surface area contributed by atoms with Crippen LogP contribution in [0.15, 0.2) is 58.4 Å². The van der Waals surface area contributed by atoms with E-state index in [1.54, 1.807) is 10.6 Å². The topological polar surface area (TPSA) is 147 Å². The Bertz CT molecular complexity index is 1980. The highest BCUT2D eigenvalue weighted by molar-refractivity contribution is 6.01. The molecule has 2 aliphatic rings. The van der Waals surface area contributed by atoms with Gasteiger partial charge in [0.1, 0.15) is 18.1 Å². The van der Waals surface area contributed by atoms with Crippen LogP contribution in [0.3, 0.4) is 0 Å². The third kappa shape index (κ3) is 6.94. The van der Waals surface area contributed by atoms with Crippen molar-refractivity contribution in [2.24, 2.45) is 10.8 Å². The zero-order valence-corrected chi connectivity index (χ0v) is 28.3. The number of aromatic nitrogens is 2. The summed E-state index contributed by atoms with van der Waals surface area (Å²) in [6, 6.07) is 15.1. The molecule has 3 N–H and O–H groups in total. The fourth-order valence-electron chi connectivity index (χ4n) is 6.72. The van der Waals surface area contributed by atoms with Crippen molar-refractivity contribution in [1.82, 2.24) is 15.0 Å². The molecule has 6 rings (SSSR count). The number of hydrazone groups is 1. The Morgan fingerprint density at radius 1 is 1.06 bits per heavy atom. The monoisotopic (exact) mass is 665 g/mol. The molecule has 4 aromatic rings. The Labute approximate surface area is 285 Å². The average Bonchev–Trinajstić information content (AvgIpc) is 3.48. The molecular weight excluding hydrogens is 622 g/mol. The molecule has 0 unspecified atom stereocenters. The number of rotatable bonds is 14. The first-order valence-corrected chi connectivity index (χ1v) is 17.1. The molecule has 11 heteroatoms. The predicted octanol–water partition coefficient (Wildman–Crippen LogP) is 5.36. The van der Waals surface area contributed by atoms with Crippen LogP contribution in [0.4, 0.5) is 0 Å². The molecular formula is C38H43N5O6. The van der Waals surface area contributed by atoms with Gasteiger partial charge in [0, 0.05) is 16.5 Å². The highest BCUT2D eigenvalue weighted by Gasteiger charge is 2.34. The molecule has 2 aromatic heterocycles. The molecule has 0 bridgehead atoms. The van der Waals surface area contributed by atoms with E-state index in [9.17, 15) is 14.4 Å². The van der Waals surface area contributed by atoms with Gasteiger partial charge in [-0.05, 0) is 86.7 Å². The Balaban J connectivity index is 1.15. The third-order valence-corrected chi connectivity index (χ3v) is 9.30. The van der Waals surface area contributed by atoms with E-state index in [4.69, 9.17) is 24.9 Å². The lowest BCUT2D eigenvalue weighted by Crippen LogP contribution is -2.32. The van der Waals surface area contributed by atoms with Gasteiger partial charge < -0.3 is 24.5 Å². The number of esters is 1. The molecule has 1 atom stereocenters. The third-order valence-electron chi connectivity index (χ3n) is 9.30. The number of ether oxygens (including phenoxy) is 3. The first-order chi connectivity index (χ1) is 23.8. The minimum absolute atomic E-state index is 0.00665. The Hall–Kier alpha value is -5.03. The van der Waals surface area contributed by atoms with Crippen molar-refractivity contribution in [1.29, 1.82) is 0 Å². The van der Waals surface area contributed by atoms with Crippen LogP contribution in [-0.4, -0.2) is 46.9 Å². The number of nitrogens with two attached hydrogens (primary N) is 1. The van der Waals surface area contributed by atoms with Gasteiger partial charge in [-0.15, -0.1) is 0 Å². The molecule has 0 spiro atoms. The number of hydrogen-bond acceptors (Lipinski definition) is 9. The van der Waals surface area contributed by atoms with Crippen molar-refractivity contribution in [2.75, 3.05) is 19.8 Å². The van der Waals surface area contributed by atoms with Gasteiger partial charge in [0.25, 0.3) is 11.5 Å². The summed E-state index contributed by atoms with van der Waals surface area (Å²) in [6.07, 6.45) is 5.38. The minimum atomic E-state index is -0.458. The van der Waals surface area contributed by atoms with E-state index in [-0.39, 0.29) is 24.7 Å². The number of cyclic esters (lactones) is 1. The van der Waals surface area contributed by atoms with Gasteiger partial charge in [-0.25, -0.2) is 10.4 Å². The minimum Gasteiger partial charge on any atom is -0.493 e. The van der Waals surface area contributed by atoms with Crippen LogP contribution >= 0.6 is 0 Å². The Morgan fingerprint density at radius 3 is 2.67 bits per heavy atom. The van der Waals surface area contributed by atoms with Gasteiger partial charge in [-0.3, -0.25) is 14.4 Å². The van der Waals surface area contributed by atoms with Crippen molar-refractivity contribution < 1.29 is 23.8 Å². The first kappa shape index (κ1) is 33.9. The lowest BCUT2D eigenvalue weighted by Gasteiger charge is -2.24. The van der Waals surface area contributed by atoms with Gasteiger partial charge >= 0.3 is 5.97 Å². The molecule has 2 aliphatic heterocycles. The molecule has 0 radical (unpaired) electrons. The molecule has 256 valence electrons. The summed E-state index contributed by atoms with van der Waals surface area (Å²) in [5, 5.41) is 5.20. The Kier molecular flexibility index (Phi) is 10.4. The summed E-state index contributed by atoms with van der Waals surface area (Å²) in [5.41, 5.74) is 15.0. The van der Waals surface area contributed by atoms with Crippen molar-refractivity contribution in [3.63, 3.8) is 0 Å². The normalized spacial score (nSPS) is 15.0. The molecule has 11 nitrogen and oxygen atoms in total. The highest BCUT2D eigenvalue weighted by Crippen LogP contribution is 2.39.